The van der Waals surface area contributed by atoms with Gasteiger partial charge in [-0.05, 0) is 23.1 Å². The van der Waals surface area contributed by atoms with Gasteiger partial charge in [0.25, 0.3) is 5.82 Å². The zero-order valence-electron chi connectivity index (χ0n) is 10.6. The molecule has 21 heavy (non-hydrogen) atoms. The van der Waals surface area contributed by atoms with Crippen molar-refractivity contribution in [1.82, 2.24) is 19.5 Å². The Morgan fingerprint density at radius 2 is 2.05 bits per heavy atom. The number of halogens is 2. The van der Waals surface area contributed by atoms with Gasteiger partial charge in [0.05, 0.1) is 12.6 Å². The maximum Gasteiger partial charge on any atom is 0.343 e. The Bertz CT molecular complexity index is 877. The van der Waals surface area contributed by atoms with Gasteiger partial charge in [0.1, 0.15) is 11.3 Å². The number of hydrogen-bond donors (Lipinski definition) is 0. The summed E-state index contributed by atoms with van der Waals surface area (Å²) in [7, 11) is 1.51. The lowest BCUT2D eigenvalue weighted by atomic mass is 10.2. The molecule has 0 unspecified atom stereocenters. The minimum atomic E-state index is -0.532. The summed E-state index contributed by atoms with van der Waals surface area (Å²) in [5.74, 6) is 0.298. The zero-order valence-corrected chi connectivity index (χ0v) is 12.1. The minimum Gasteiger partial charge on any atom is -0.358 e. The van der Waals surface area contributed by atoms with Crippen molar-refractivity contribution < 1.29 is 4.92 Å². The van der Waals surface area contributed by atoms with Gasteiger partial charge in [-0.15, -0.1) is 0 Å². The molecule has 0 bridgehead atoms. The summed E-state index contributed by atoms with van der Waals surface area (Å²) < 4.78 is 1.29. The van der Waals surface area contributed by atoms with E-state index in [-0.39, 0.29) is 22.6 Å². The van der Waals surface area contributed by atoms with Crippen molar-refractivity contribution in [1.29, 1.82) is 0 Å². The van der Waals surface area contributed by atoms with Crippen LogP contribution in [0.25, 0.3) is 22.6 Å². The predicted octanol–water partition coefficient (Wildman–Crippen LogP) is 3.25. The zero-order chi connectivity index (χ0) is 15.1. The lowest BCUT2D eigenvalue weighted by molar-refractivity contribution is -0.391. The van der Waals surface area contributed by atoms with Crippen molar-refractivity contribution in [2.45, 2.75) is 0 Å². The van der Waals surface area contributed by atoms with Gasteiger partial charge >= 0.3 is 5.82 Å². The average molecular weight is 324 g/mol. The van der Waals surface area contributed by atoms with Gasteiger partial charge in [0.15, 0.2) is 0 Å². The molecular weight excluding hydrogens is 317 g/mol. The highest BCUT2D eigenvalue weighted by molar-refractivity contribution is 6.35. The molecule has 0 atom stereocenters. The number of fused-ring (bicyclic) bond motifs is 1. The molecule has 2 heterocycles. The topological polar surface area (TPSA) is 86.7 Å². The molecule has 0 aliphatic carbocycles. The lowest BCUT2D eigenvalue weighted by Crippen LogP contribution is -2.02. The van der Waals surface area contributed by atoms with E-state index in [9.17, 15) is 10.1 Å². The molecule has 0 saturated carbocycles. The van der Waals surface area contributed by atoms with Crippen LogP contribution in [0.3, 0.4) is 0 Å². The van der Waals surface area contributed by atoms with E-state index >= 15 is 0 Å². The third kappa shape index (κ3) is 2.30. The van der Waals surface area contributed by atoms with Gasteiger partial charge in [0, 0.05) is 10.4 Å². The van der Waals surface area contributed by atoms with E-state index in [1.165, 1.54) is 11.6 Å². The fraction of sp³-hybridized carbons (Fsp3) is 0.0833. The molecule has 9 heteroatoms. The highest BCUT2D eigenvalue weighted by atomic mass is 35.5. The molecule has 3 rings (SSSR count). The molecule has 3 aromatic rings. The first-order chi connectivity index (χ1) is 9.97. The third-order valence-electron chi connectivity index (χ3n) is 2.96. The van der Waals surface area contributed by atoms with Crippen LogP contribution in [0.15, 0.2) is 24.4 Å². The predicted molar refractivity (Wildman–Crippen MR) is 78.4 cm³/mol. The molecule has 0 saturated heterocycles. The molecule has 0 aliphatic heterocycles. The van der Waals surface area contributed by atoms with E-state index in [1.54, 1.807) is 18.2 Å². The largest absolute Gasteiger partial charge is 0.358 e. The molecule has 0 spiro atoms. The monoisotopic (exact) mass is 323 g/mol. The first-order valence-corrected chi connectivity index (χ1v) is 6.52. The molecule has 0 radical (unpaired) electrons. The van der Waals surface area contributed by atoms with Crippen LogP contribution in [0, 0.1) is 10.1 Å². The van der Waals surface area contributed by atoms with E-state index in [0.29, 0.717) is 15.9 Å². The number of aromatic nitrogens is 4. The Hall–Kier alpha value is -2.25. The Labute approximate surface area is 128 Å². The van der Waals surface area contributed by atoms with Crippen LogP contribution in [0.5, 0.6) is 0 Å². The molecule has 0 aliphatic rings. The van der Waals surface area contributed by atoms with Gasteiger partial charge in [0.2, 0.25) is 5.82 Å². The normalized spacial score (nSPS) is 11.0. The third-order valence-corrected chi connectivity index (χ3v) is 3.49. The lowest BCUT2D eigenvalue weighted by Gasteiger charge is -2.03. The summed E-state index contributed by atoms with van der Waals surface area (Å²) in [4.78, 5) is 22.8. The van der Waals surface area contributed by atoms with Crippen molar-refractivity contribution in [2.75, 3.05) is 0 Å². The van der Waals surface area contributed by atoms with Gasteiger partial charge in [-0.25, -0.2) is 19.5 Å². The van der Waals surface area contributed by atoms with Crippen LogP contribution < -0.4 is 0 Å². The van der Waals surface area contributed by atoms with Crippen molar-refractivity contribution in [3.05, 3.63) is 44.7 Å². The van der Waals surface area contributed by atoms with Crippen molar-refractivity contribution in [2.24, 2.45) is 7.05 Å². The Morgan fingerprint density at radius 3 is 2.71 bits per heavy atom. The van der Waals surface area contributed by atoms with Crippen molar-refractivity contribution in [3.63, 3.8) is 0 Å². The molecular formula is C12H7Cl2N5O2. The second-order valence-electron chi connectivity index (χ2n) is 4.26. The van der Waals surface area contributed by atoms with E-state index in [4.69, 9.17) is 23.2 Å². The van der Waals surface area contributed by atoms with Crippen molar-refractivity contribution >= 4 is 39.9 Å². The second kappa shape index (κ2) is 4.94. The number of nitrogens with zero attached hydrogens (tertiary/aromatic N) is 5. The molecule has 7 nitrogen and oxygen atoms in total. The van der Waals surface area contributed by atoms with Gasteiger partial charge in [-0.2, -0.15) is 0 Å². The van der Waals surface area contributed by atoms with Crippen molar-refractivity contribution in [3.8, 4) is 11.6 Å². The summed E-state index contributed by atoms with van der Waals surface area (Å²) in [6.45, 7) is 0. The summed E-state index contributed by atoms with van der Waals surface area (Å²) in [5.41, 5.74) is 0.545. The molecule has 1 aromatic carbocycles. The number of hydrogen-bond acceptors (Lipinski definition) is 5. The maximum absolute atomic E-state index is 10.9. The number of imidazole rings is 1. The number of rotatable bonds is 2. The highest BCUT2D eigenvalue weighted by Crippen LogP contribution is 2.27. The van der Waals surface area contributed by atoms with E-state index in [2.05, 4.69) is 15.0 Å². The van der Waals surface area contributed by atoms with Gasteiger partial charge in [-0.3, -0.25) is 0 Å². The quantitative estimate of drug-likeness (QED) is 0.410. The fourth-order valence-electron chi connectivity index (χ4n) is 1.94. The molecule has 2 aromatic heterocycles. The maximum atomic E-state index is 10.9. The molecule has 0 fully saturated rings. The molecule has 0 N–H and O–H groups in total. The van der Waals surface area contributed by atoms with Crippen LogP contribution in [-0.2, 0) is 7.05 Å². The Kier molecular flexibility index (Phi) is 3.23. The smallest absolute Gasteiger partial charge is 0.343 e. The SMILES string of the molecule is Cn1c([N+](=O)[O-])cnc1-c1nc(Cl)c2ccc(Cl)cc2n1. The van der Waals surface area contributed by atoms with Crippen LogP contribution in [0.2, 0.25) is 10.2 Å². The highest BCUT2D eigenvalue weighted by Gasteiger charge is 2.21. The van der Waals surface area contributed by atoms with Crippen LogP contribution >= 0.6 is 23.2 Å². The second-order valence-corrected chi connectivity index (χ2v) is 5.05. The fourth-order valence-corrected chi connectivity index (χ4v) is 2.35. The molecule has 0 amide bonds. The molecule has 106 valence electrons. The van der Waals surface area contributed by atoms with Crippen LogP contribution in [0.1, 0.15) is 0 Å². The number of benzene rings is 1. The standard InChI is InChI=1S/C12H7Cl2N5O2/c1-18-9(19(20)21)5-15-12(18)11-16-8-4-6(13)2-3-7(8)10(14)17-11/h2-5H,1H3. The van der Waals surface area contributed by atoms with Crippen LogP contribution in [-0.4, -0.2) is 24.4 Å². The first-order valence-electron chi connectivity index (χ1n) is 5.76. The first kappa shape index (κ1) is 13.7. The summed E-state index contributed by atoms with van der Waals surface area (Å²) in [6, 6.07) is 5.04. The summed E-state index contributed by atoms with van der Waals surface area (Å²) >= 11 is 12.1. The van der Waals surface area contributed by atoms with Crippen LogP contribution in [0.4, 0.5) is 5.82 Å². The van der Waals surface area contributed by atoms with Gasteiger partial charge in [-0.1, -0.05) is 23.2 Å². The Morgan fingerprint density at radius 1 is 1.29 bits per heavy atom. The van der Waals surface area contributed by atoms with E-state index in [0.717, 1.165) is 6.20 Å². The Balaban J connectivity index is 2.23. The van der Waals surface area contributed by atoms with E-state index < -0.39 is 4.92 Å². The summed E-state index contributed by atoms with van der Waals surface area (Å²) in [5, 5.41) is 12.2. The van der Waals surface area contributed by atoms with Gasteiger partial charge < -0.3 is 10.1 Å². The average Bonchev–Trinajstić information content (AvgIpc) is 2.80. The number of nitro groups is 1. The van der Waals surface area contributed by atoms with E-state index in [1.807, 2.05) is 0 Å². The minimum absolute atomic E-state index is 0.157. The summed E-state index contributed by atoms with van der Waals surface area (Å²) in [6.07, 6.45) is 1.15.